The quantitative estimate of drug-likeness (QED) is 0.904. The largest absolute Gasteiger partial charge is 0.356 e. The van der Waals surface area contributed by atoms with E-state index in [9.17, 15) is 0 Å². The molecule has 4 heteroatoms. The van der Waals surface area contributed by atoms with E-state index in [1.165, 1.54) is 36.8 Å². The summed E-state index contributed by atoms with van der Waals surface area (Å²) in [7, 11) is 0. The number of rotatable bonds is 3. The van der Waals surface area contributed by atoms with E-state index in [0.29, 0.717) is 5.95 Å². The molecule has 0 radical (unpaired) electrons. The van der Waals surface area contributed by atoms with Crippen molar-refractivity contribution in [1.82, 2.24) is 9.97 Å². The standard InChI is InChI=1S/C19H26N4/c1-14-8-9-15(2)17(12-14)21-19-20-16(3)13-18(22-19)23-10-6-4-5-7-11-23/h8-9,12-13H,4-7,10-11H2,1-3H3,(H,20,21,22). The summed E-state index contributed by atoms with van der Waals surface area (Å²) in [5, 5.41) is 3.40. The number of benzene rings is 1. The highest BCUT2D eigenvalue weighted by atomic mass is 15.2. The van der Waals surface area contributed by atoms with Crippen molar-refractivity contribution in [2.75, 3.05) is 23.3 Å². The predicted molar refractivity (Wildman–Crippen MR) is 96.6 cm³/mol. The van der Waals surface area contributed by atoms with Crippen molar-refractivity contribution >= 4 is 17.5 Å². The molecule has 0 unspecified atom stereocenters. The maximum atomic E-state index is 4.77. The summed E-state index contributed by atoms with van der Waals surface area (Å²) in [5.74, 6) is 1.74. The molecule has 23 heavy (non-hydrogen) atoms. The lowest BCUT2D eigenvalue weighted by Gasteiger charge is -2.22. The second-order valence-electron chi connectivity index (χ2n) is 6.54. The van der Waals surface area contributed by atoms with Crippen molar-refractivity contribution in [3.63, 3.8) is 0 Å². The maximum absolute atomic E-state index is 4.77. The average Bonchev–Trinajstić information content (AvgIpc) is 2.79. The summed E-state index contributed by atoms with van der Waals surface area (Å²) in [4.78, 5) is 11.7. The van der Waals surface area contributed by atoms with E-state index >= 15 is 0 Å². The fourth-order valence-corrected chi connectivity index (χ4v) is 3.06. The third kappa shape index (κ3) is 4.01. The summed E-state index contributed by atoms with van der Waals surface area (Å²) in [6, 6.07) is 8.50. The van der Waals surface area contributed by atoms with Crippen LogP contribution in [0, 0.1) is 20.8 Å². The van der Waals surface area contributed by atoms with E-state index in [1.54, 1.807) is 0 Å². The van der Waals surface area contributed by atoms with Crippen molar-refractivity contribution in [3.8, 4) is 0 Å². The zero-order valence-corrected chi connectivity index (χ0v) is 14.4. The number of hydrogen-bond donors (Lipinski definition) is 1. The Morgan fingerprint density at radius 3 is 2.39 bits per heavy atom. The van der Waals surface area contributed by atoms with E-state index in [1.807, 2.05) is 6.92 Å². The van der Waals surface area contributed by atoms with Crippen LogP contribution in [0.3, 0.4) is 0 Å². The van der Waals surface area contributed by atoms with Crippen molar-refractivity contribution in [2.45, 2.75) is 46.5 Å². The number of hydrogen-bond acceptors (Lipinski definition) is 4. The summed E-state index contributed by atoms with van der Waals surface area (Å²) in [5.41, 5.74) is 4.53. The lowest BCUT2D eigenvalue weighted by Crippen LogP contribution is -2.25. The van der Waals surface area contributed by atoms with E-state index in [4.69, 9.17) is 4.98 Å². The molecule has 1 aromatic carbocycles. The molecule has 2 aromatic rings. The molecule has 122 valence electrons. The molecule has 2 heterocycles. The number of nitrogens with one attached hydrogen (secondary N) is 1. The van der Waals surface area contributed by atoms with Crippen molar-refractivity contribution < 1.29 is 0 Å². The minimum absolute atomic E-state index is 0.693. The first-order valence-corrected chi connectivity index (χ1v) is 8.57. The third-order valence-corrected chi connectivity index (χ3v) is 4.41. The second-order valence-corrected chi connectivity index (χ2v) is 6.54. The van der Waals surface area contributed by atoms with Gasteiger partial charge in [-0.1, -0.05) is 25.0 Å². The highest BCUT2D eigenvalue weighted by Crippen LogP contribution is 2.23. The summed E-state index contributed by atoms with van der Waals surface area (Å²) in [6.07, 6.45) is 5.16. The molecule has 1 aromatic heterocycles. The minimum atomic E-state index is 0.693. The Balaban J connectivity index is 1.86. The van der Waals surface area contributed by atoms with Gasteiger partial charge in [0.2, 0.25) is 5.95 Å². The van der Waals surface area contributed by atoms with E-state index < -0.39 is 0 Å². The molecule has 0 atom stereocenters. The first-order valence-electron chi connectivity index (χ1n) is 8.57. The average molecular weight is 310 g/mol. The Bertz CT molecular complexity index is 673. The SMILES string of the molecule is Cc1ccc(C)c(Nc2nc(C)cc(N3CCCCCC3)n2)c1. The molecule has 0 amide bonds. The normalized spacial score (nSPS) is 15.3. The molecule has 4 nitrogen and oxygen atoms in total. The van der Waals surface area contributed by atoms with E-state index in [0.717, 1.165) is 30.3 Å². The van der Waals surface area contributed by atoms with Gasteiger partial charge in [-0.3, -0.25) is 0 Å². The van der Waals surface area contributed by atoms with Gasteiger partial charge in [0.15, 0.2) is 0 Å². The predicted octanol–water partition coefficient (Wildman–Crippen LogP) is 4.53. The first-order chi connectivity index (χ1) is 11.1. The fraction of sp³-hybridized carbons (Fsp3) is 0.474. The Kier molecular flexibility index (Phi) is 4.79. The summed E-state index contributed by atoms with van der Waals surface area (Å²) < 4.78 is 0. The van der Waals surface area contributed by atoms with Crippen LogP contribution < -0.4 is 10.2 Å². The minimum Gasteiger partial charge on any atom is -0.356 e. The lowest BCUT2D eigenvalue weighted by atomic mass is 10.1. The van der Waals surface area contributed by atoms with Crippen LogP contribution in [-0.2, 0) is 0 Å². The smallest absolute Gasteiger partial charge is 0.229 e. The van der Waals surface area contributed by atoms with Crippen LogP contribution in [0.5, 0.6) is 0 Å². The van der Waals surface area contributed by atoms with Gasteiger partial charge in [-0.15, -0.1) is 0 Å². The Morgan fingerprint density at radius 1 is 0.913 bits per heavy atom. The lowest BCUT2D eigenvalue weighted by molar-refractivity contribution is 0.726. The van der Waals surface area contributed by atoms with Gasteiger partial charge in [-0.05, 0) is 50.8 Å². The molecule has 0 saturated carbocycles. The Labute approximate surface area is 139 Å². The highest BCUT2D eigenvalue weighted by Gasteiger charge is 2.13. The van der Waals surface area contributed by atoms with Crippen LogP contribution in [0.25, 0.3) is 0 Å². The number of anilines is 3. The molecule has 1 aliphatic rings. The molecular weight excluding hydrogens is 284 g/mol. The van der Waals surface area contributed by atoms with Gasteiger partial charge >= 0.3 is 0 Å². The van der Waals surface area contributed by atoms with Crippen LogP contribution >= 0.6 is 0 Å². The summed E-state index contributed by atoms with van der Waals surface area (Å²) >= 11 is 0. The van der Waals surface area contributed by atoms with E-state index in [2.05, 4.69) is 53.3 Å². The van der Waals surface area contributed by atoms with Crippen LogP contribution in [0.4, 0.5) is 17.5 Å². The second kappa shape index (κ2) is 6.99. The molecule has 1 N–H and O–H groups in total. The zero-order chi connectivity index (χ0) is 16.2. The third-order valence-electron chi connectivity index (χ3n) is 4.41. The molecule has 3 rings (SSSR count). The van der Waals surface area contributed by atoms with Gasteiger partial charge in [0, 0.05) is 30.5 Å². The maximum Gasteiger partial charge on any atom is 0.229 e. The van der Waals surface area contributed by atoms with Crippen LogP contribution in [0.15, 0.2) is 24.3 Å². The molecular formula is C19H26N4. The van der Waals surface area contributed by atoms with Crippen molar-refractivity contribution in [2.24, 2.45) is 0 Å². The molecule has 1 fully saturated rings. The van der Waals surface area contributed by atoms with Crippen molar-refractivity contribution in [3.05, 3.63) is 41.1 Å². The number of nitrogens with zero attached hydrogens (tertiary/aromatic N) is 3. The van der Waals surface area contributed by atoms with Gasteiger partial charge in [0.1, 0.15) is 5.82 Å². The van der Waals surface area contributed by atoms with Crippen LogP contribution in [0.1, 0.15) is 42.5 Å². The first kappa shape index (κ1) is 15.8. The molecule has 0 bridgehead atoms. The zero-order valence-electron chi connectivity index (χ0n) is 14.4. The van der Waals surface area contributed by atoms with Gasteiger partial charge in [-0.25, -0.2) is 4.98 Å². The topological polar surface area (TPSA) is 41.1 Å². The van der Waals surface area contributed by atoms with Gasteiger partial charge in [0.05, 0.1) is 0 Å². The highest BCUT2D eigenvalue weighted by molar-refractivity contribution is 5.60. The number of aromatic nitrogens is 2. The van der Waals surface area contributed by atoms with Gasteiger partial charge in [0.25, 0.3) is 0 Å². The molecule has 0 aliphatic carbocycles. The van der Waals surface area contributed by atoms with Crippen LogP contribution in [-0.4, -0.2) is 23.1 Å². The summed E-state index contributed by atoms with van der Waals surface area (Å²) in [6.45, 7) is 8.44. The van der Waals surface area contributed by atoms with Crippen molar-refractivity contribution in [1.29, 1.82) is 0 Å². The Morgan fingerprint density at radius 2 is 1.65 bits per heavy atom. The van der Waals surface area contributed by atoms with Gasteiger partial charge in [-0.2, -0.15) is 4.98 Å². The number of aryl methyl sites for hydroxylation is 3. The van der Waals surface area contributed by atoms with Gasteiger partial charge < -0.3 is 10.2 Å². The molecule has 1 saturated heterocycles. The molecule has 0 spiro atoms. The van der Waals surface area contributed by atoms with E-state index in [-0.39, 0.29) is 0 Å². The van der Waals surface area contributed by atoms with Crippen LogP contribution in [0.2, 0.25) is 0 Å². The Hall–Kier alpha value is -2.10. The molecule has 1 aliphatic heterocycles. The fourth-order valence-electron chi connectivity index (χ4n) is 3.06. The monoisotopic (exact) mass is 310 g/mol.